The van der Waals surface area contributed by atoms with Gasteiger partial charge >= 0.3 is 0 Å². The number of aromatic nitrogens is 1. The molecule has 144 valence electrons. The maximum Gasteiger partial charge on any atom is 0.276 e. The first kappa shape index (κ1) is 19.8. The highest BCUT2D eigenvalue weighted by molar-refractivity contribution is 6.07. The van der Waals surface area contributed by atoms with Crippen LogP contribution in [0.3, 0.4) is 0 Å². The number of nitriles is 1. The molecule has 0 saturated heterocycles. The maximum atomic E-state index is 13.0. The van der Waals surface area contributed by atoms with E-state index in [-0.39, 0.29) is 17.3 Å². The molecule has 0 unspecified atom stereocenters. The van der Waals surface area contributed by atoms with Gasteiger partial charge in [-0.25, -0.2) is 4.98 Å². The van der Waals surface area contributed by atoms with Gasteiger partial charge in [-0.1, -0.05) is 18.2 Å². The zero-order valence-corrected chi connectivity index (χ0v) is 16.2. The quantitative estimate of drug-likeness (QED) is 0.715. The molecule has 29 heavy (non-hydrogen) atoms. The summed E-state index contributed by atoms with van der Waals surface area (Å²) in [7, 11) is 0. The molecule has 0 aliphatic rings. The summed E-state index contributed by atoms with van der Waals surface area (Å²) in [6, 6.07) is 21.0. The summed E-state index contributed by atoms with van der Waals surface area (Å²) in [5.41, 5.74) is 3.22. The smallest absolute Gasteiger partial charge is 0.276 e. The van der Waals surface area contributed by atoms with Crippen LogP contribution >= 0.6 is 0 Å². The normalized spacial score (nSPS) is 10.1. The lowest BCUT2D eigenvalue weighted by Gasteiger charge is -2.21. The van der Waals surface area contributed by atoms with Gasteiger partial charge in [0.1, 0.15) is 11.4 Å². The van der Waals surface area contributed by atoms with E-state index in [1.165, 1.54) is 0 Å². The Hall–Kier alpha value is -3.98. The van der Waals surface area contributed by atoms with Gasteiger partial charge in [0.25, 0.3) is 11.8 Å². The van der Waals surface area contributed by atoms with Crippen LogP contribution in [0.2, 0.25) is 0 Å². The average molecular weight is 384 g/mol. The molecule has 1 heterocycles. The number of rotatable bonds is 5. The second-order valence-corrected chi connectivity index (χ2v) is 6.44. The molecule has 3 aromatic rings. The van der Waals surface area contributed by atoms with Gasteiger partial charge in [0.15, 0.2) is 0 Å². The Kier molecular flexibility index (Phi) is 6.00. The van der Waals surface area contributed by atoms with Crippen molar-refractivity contribution < 1.29 is 9.59 Å². The predicted molar refractivity (Wildman–Crippen MR) is 112 cm³/mol. The standard InChI is InChI=1S/C23H20N4O2/c1-3-27(19-7-4-6-16(2)14-19)23(29)21-9-5-8-20(26-21)22(28)25-18-12-10-17(15-24)11-13-18/h4-14H,3H2,1-2H3,(H,25,28). The molecule has 0 bridgehead atoms. The Balaban J connectivity index is 1.81. The molecule has 2 aromatic carbocycles. The summed E-state index contributed by atoms with van der Waals surface area (Å²) in [5, 5.41) is 11.6. The largest absolute Gasteiger partial charge is 0.321 e. The number of amides is 2. The summed E-state index contributed by atoms with van der Waals surface area (Å²) in [4.78, 5) is 31.4. The molecule has 0 saturated carbocycles. The lowest BCUT2D eigenvalue weighted by molar-refractivity contribution is 0.0983. The fourth-order valence-electron chi connectivity index (χ4n) is 2.88. The predicted octanol–water partition coefficient (Wildman–Crippen LogP) is 4.18. The SMILES string of the molecule is CCN(C(=O)c1cccc(C(=O)Nc2ccc(C#N)cc2)n1)c1cccc(C)c1. The van der Waals surface area contributed by atoms with Crippen molar-refractivity contribution in [1.82, 2.24) is 4.98 Å². The van der Waals surface area contributed by atoms with Crippen molar-refractivity contribution in [2.45, 2.75) is 13.8 Å². The lowest BCUT2D eigenvalue weighted by atomic mass is 10.2. The number of carbonyl (C=O) groups is 2. The minimum atomic E-state index is -0.428. The maximum absolute atomic E-state index is 13.0. The minimum absolute atomic E-state index is 0.139. The lowest BCUT2D eigenvalue weighted by Crippen LogP contribution is -2.31. The Morgan fingerprint density at radius 3 is 2.38 bits per heavy atom. The number of benzene rings is 2. The fourth-order valence-corrected chi connectivity index (χ4v) is 2.88. The van der Waals surface area contributed by atoms with Crippen molar-refractivity contribution in [3.05, 3.63) is 89.2 Å². The van der Waals surface area contributed by atoms with Crippen LogP contribution in [0, 0.1) is 18.3 Å². The highest BCUT2D eigenvalue weighted by atomic mass is 16.2. The van der Waals surface area contributed by atoms with E-state index in [4.69, 9.17) is 5.26 Å². The molecule has 0 fully saturated rings. The number of anilines is 2. The molecular formula is C23H20N4O2. The number of nitrogens with zero attached hydrogens (tertiary/aromatic N) is 3. The fraction of sp³-hybridized carbons (Fsp3) is 0.130. The molecule has 3 rings (SSSR count). The van der Waals surface area contributed by atoms with E-state index >= 15 is 0 Å². The van der Waals surface area contributed by atoms with Crippen molar-refractivity contribution >= 4 is 23.2 Å². The Morgan fingerprint density at radius 1 is 1.03 bits per heavy atom. The molecular weight excluding hydrogens is 364 g/mol. The number of nitrogens with one attached hydrogen (secondary N) is 1. The molecule has 0 radical (unpaired) electrons. The Morgan fingerprint density at radius 2 is 1.72 bits per heavy atom. The van der Waals surface area contributed by atoms with Crippen LogP contribution < -0.4 is 10.2 Å². The van der Waals surface area contributed by atoms with Crippen molar-refractivity contribution in [3.8, 4) is 6.07 Å². The first-order chi connectivity index (χ1) is 14.0. The molecule has 0 aliphatic carbocycles. The van der Waals surface area contributed by atoms with Gasteiger partial charge < -0.3 is 10.2 Å². The van der Waals surface area contributed by atoms with Crippen molar-refractivity contribution in [2.75, 3.05) is 16.8 Å². The van der Waals surface area contributed by atoms with Gasteiger partial charge in [-0.2, -0.15) is 5.26 Å². The summed E-state index contributed by atoms with van der Waals surface area (Å²) < 4.78 is 0. The van der Waals surface area contributed by atoms with Crippen LogP contribution in [0.15, 0.2) is 66.7 Å². The number of pyridine rings is 1. The Bertz CT molecular complexity index is 1080. The van der Waals surface area contributed by atoms with Crippen molar-refractivity contribution in [1.29, 1.82) is 5.26 Å². The summed E-state index contributed by atoms with van der Waals surface area (Å²) in [5.74, 6) is -0.700. The van der Waals surface area contributed by atoms with Crippen LogP contribution in [0.1, 0.15) is 39.0 Å². The highest BCUT2D eigenvalue weighted by Crippen LogP contribution is 2.18. The number of carbonyl (C=O) groups excluding carboxylic acids is 2. The van der Waals surface area contributed by atoms with E-state index in [1.807, 2.05) is 44.2 Å². The molecule has 0 aliphatic heterocycles. The van der Waals surface area contributed by atoms with Gasteiger partial charge in [0.05, 0.1) is 11.6 Å². The molecule has 6 nitrogen and oxygen atoms in total. The van der Waals surface area contributed by atoms with Crippen LogP contribution in [0.25, 0.3) is 0 Å². The van der Waals surface area contributed by atoms with Crippen molar-refractivity contribution in [2.24, 2.45) is 0 Å². The van der Waals surface area contributed by atoms with Gasteiger partial charge in [-0.15, -0.1) is 0 Å². The van der Waals surface area contributed by atoms with Gasteiger partial charge in [-0.05, 0) is 67.9 Å². The molecule has 0 spiro atoms. The van der Waals surface area contributed by atoms with E-state index in [0.717, 1.165) is 11.3 Å². The molecule has 1 N–H and O–H groups in total. The second kappa shape index (κ2) is 8.81. The number of aryl methyl sites for hydroxylation is 1. The zero-order valence-electron chi connectivity index (χ0n) is 16.2. The summed E-state index contributed by atoms with van der Waals surface area (Å²) >= 11 is 0. The zero-order chi connectivity index (χ0) is 20.8. The van der Waals surface area contributed by atoms with E-state index in [0.29, 0.717) is 17.8 Å². The second-order valence-electron chi connectivity index (χ2n) is 6.44. The highest BCUT2D eigenvalue weighted by Gasteiger charge is 2.19. The first-order valence-electron chi connectivity index (χ1n) is 9.19. The van der Waals surface area contributed by atoms with E-state index in [1.54, 1.807) is 47.4 Å². The van der Waals surface area contributed by atoms with E-state index < -0.39 is 5.91 Å². The summed E-state index contributed by atoms with van der Waals surface area (Å²) in [6.07, 6.45) is 0. The monoisotopic (exact) mass is 384 g/mol. The third-order valence-corrected chi connectivity index (χ3v) is 4.35. The van der Waals surface area contributed by atoms with Gasteiger partial charge in [0.2, 0.25) is 0 Å². The van der Waals surface area contributed by atoms with Crippen molar-refractivity contribution in [3.63, 3.8) is 0 Å². The minimum Gasteiger partial charge on any atom is -0.321 e. The van der Waals surface area contributed by atoms with E-state index in [9.17, 15) is 9.59 Å². The molecule has 6 heteroatoms. The molecule has 1 aromatic heterocycles. The number of hydrogen-bond donors (Lipinski definition) is 1. The third kappa shape index (κ3) is 4.66. The van der Waals surface area contributed by atoms with Crippen LogP contribution in [-0.4, -0.2) is 23.3 Å². The number of hydrogen-bond acceptors (Lipinski definition) is 4. The average Bonchev–Trinajstić information content (AvgIpc) is 2.75. The van der Waals surface area contributed by atoms with E-state index in [2.05, 4.69) is 10.3 Å². The Labute approximate surface area is 169 Å². The topological polar surface area (TPSA) is 86.1 Å². The van der Waals surface area contributed by atoms with Crippen LogP contribution in [-0.2, 0) is 0 Å². The molecule has 0 atom stereocenters. The summed E-state index contributed by atoms with van der Waals surface area (Å²) in [6.45, 7) is 4.33. The molecule has 2 amide bonds. The van der Waals surface area contributed by atoms with Crippen LogP contribution in [0.4, 0.5) is 11.4 Å². The van der Waals surface area contributed by atoms with Crippen LogP contribution in [0.5, 0.6) is 0 Å². The first-order valence-corrected chi connectivity index (χ1v) is 9.19. The third-order valence-electron chi connectivity index (χ3n) is 4.35. The van der Waals surface area contributed by atoms with Gasteiger partial charge in [0, 0.05) is 17.9 Å². The van der Waals surface area contributed by atoms with Gasteiger partial charge in [-0.3, -0.25) is 9.59 Å².